The summed E-state index contributed by atoms with van der Waals surface area (Å²) < 4.78 is 5.39. The van der Waals surface area contributed by atoms with Crippen molar-refractivity contribution in [1.29, 1.82) is 0 Å². The molecular weight excluding hydrogens is 276 g/mol. The lowest BCUT2D eigenvalue weighted by Gasteiger charge is -2.29. The van der Waals surface area contributed by atoms with Crippen LogP contribution in [0.25, 0.3) is 0 Å². The van der Waals surface area contributed by atoms with Gasteiger partial charge in [0, 0.05) is 31.9 Å². The number of guanidine groups is 1. The Morgan fingerprint density at radius 2 is 1.68 bits per heavy atom. The molecular formula is C17H26N4O. The van der Waals surface area contributed by atoms with Gasteiger partial charge in [-0.15, -0.1) is 0 Å². The van der Waals surface area contributed by atoms with Gasteiger partial charge in [0.1, 0.15) is 0 Å². The summed E-state index contributed by atoms with van der Waals surface area (Å²) in [5.74, 6) is 0.692. The summed E-state index contributed by atoms with van der Waals surface area (Å²) in [7, 11) is 0. The van der Waals surface area contributed by atoms with Crippen LogP contribution in [0.3, 0.4) is 0 Å². The van der Waals surface area contributed by atoms with Crippen molar-refractivity contribution in [3.63, 3.8) is 0 Å². The van der Waals surface area contributed by atoms with E-state index in [9.17, 15) is 0 Å². The Hall–Kier alpha value is -1.75. The third-order valence-electron chi connectivity index (χ3n) is 4.42. The number of nitrogens with zero attached hydrogens (tertiary/aromatic N) is 3. The Balaban J connectivity index is 1.56. The molecule has 0 spiro atoms. The van der Waals surface area contributed by atoms with Gasteiger partial charge in [0.15, 0.2) is 5.96 Å². The molecule has 22 heavy (non-hydrogen) atoms. The summed E-state index contributed by atoms with van der Waals surface area (Å²) in [6, 6.07) is 8.65. The minimum Gasteiger partial charge on any atom is -0.378 e. The Morgan fingerprint density at radius 1 is 1.00 bits per heavy atom. The van der Waals surface area contributed by atoms with Gasteiger partial charge in [-0.2, -0.15) is 0 Å². The molecule has 0 saturated carbocycles. The number of piperidine rings is 1. The van der Waals surface area contributed by atoms with Gasteiger partial charge in [0.2, 0.25) is 0 Å². The Morgan fingerprint density at radius 3 is 2.36 bits per heavy atom. The first-order valence-corrected chi connectivity index (χ1v) is 8.29. The van der Waals surface area contributed by atoms with Crippen LogP contribution in [-0.4, -0.2) is 50.3 Å². The number of likely N-dealkylation sites (tertiary alicyclic amines) is 1. The number of aliphatic imine (C=N–C) groups is 1. The minimum absolute atomic E-state index is 0.658. The summed E-state index contributed by atoms with van der Waals surface area (Å²) in [5, 5.41) is 0. The van der Waals surface area contributed by atoms with E-state index in [4.69, 9.17) is 10.5 Å². The molecule has 2 saturated heterocycles. The molecule has 5 heteroatoms. The smallest absolute Gasteiger partial charge is 0.191 e. The fourth-order valence-corrected chi connectivity index (χ4v) is 3.03. The molecule has 2 aliphatic heterocycles. The zero-order valence-corrected chi connectivity index (χ0v) is 13.2. The highest BCUT2D eigenvalue weighted by Crippen LogP contribution is 2.17. The average molecular weight is 302 g/mol. The second-order valence-corrected chi connectivity index (χ2v) is 5.99. The molecule has 2 fully saturated rings. The lowest BCUT2D eigenvalue weighted by molar-refractivity contribution is 0.122. The minimum atomic E-state index is 0.658. The summed E-state index contributed by atoms with van der Waals surface area (Å²) in [5.41, 5.74) is 8.57. The van der Waals surface area contributed by atoms with Crippen LogP contribution in [0.5, 0.6) is 0 Å². The molecule has 0 atom stereocenters. The van der Waals surface area contributed by atoms with E-state index < -0.39 is 0 Å². The molecule has 2 aliphatic rings. The normalized spacial score (nSPS) is 20.3. The number of benzene rings is 1. The van der Waals surface area contributed by atoms with Gasteiger partial charge < -0.3 is 20.3 Å². The van der Waals surface area contributed by atoms with Crippen LogP contribution in [0.15, 0.2) is 29.3 Å². The van der Waals surface area contributed by atoms with E-state index in [2.05, 4.69) is 39.1 Å². The number of hydrogen-bond acceptors (Lipinski definition) is 3. The molecule has 2 N–H and O–H groups in total. The number of rotatable bonds is 3. The fraction of sp³-hybridized carbons (Fsp3) is 0.588. The SMILES string of the molecule is NC(=NCc1ccc(N2CCOCC2)cc1)N1CCCCC1. The van der Waals surface area contributed by atoms with E-state index in [1.165, 1.54) is 30.5 Å². The van der Waals surface area contributed by atoms with Crippen molar-refractivity contribution in [2.75, 3.05) is 44.3 Å². The van der Waals surface area contributed by atoms with E-state index in [1.54, 1.807) is 0 Å². The molecule has 0 aliphatic carbocycles. The van der Waals surface area contributed by atoms with Gasteiger partial charge >= 0.3 is 0 Å². The van der Waals surface area contributed by atoms with Gasteiger partial charge in [-0.1, -0.05) is 12.1 Å². The Kier molecular flexibility index (Phi) is 5.16. The fourth-order valence-electron chi connectivity index (χ4n) is 3.03. The molecule has 0 bridgehead atoms. The van der Waals surface area contributed by atoms with Gasteiger partial charge in [-0.25, -0.2) is 4.99 Å². The number of ether oxygens (including phenoxy) is 1. The highest BCUT2D eigenvalue weighted by atomic mass is 16.5. The molecule has 1 aromatic carbocycles. The second kappa shape index (κ2) is 7.49. The van der Waals surface area contributed by atoms with Crippen molar-refractivity contribution < 1.29 is 4.74 Å². The van der Waals surface area contributed by atoms with Crippen molar-refractivity contribution in [3.8, 4) is 0 Å². The highest BCUT2D eigenvalue weighted by molar-refractivity contribution is 5.78. The quantitative estimate of drug-likeness (QED) is 0.683. The van der Waals surface area contributed by atoms with Crippen LogP contribution < -0.4 is 10.6 Å². The van der Waals surface area contributed by atoms with Crippen LogP contribution >= 0.6 is 0 Å². The number of hydrogen-bond donors (Lipinski definition) is 1. The van der Waals surface area contributed by atoms with Crippen molar-refractivity contribution >= 4 is 11.6 Å². The largest absolute Gasteiger partial charge is 0.378 e. The molecule has 0 aromatic heterocycles. The van der Waals surface area contributed by atoms with E-state index in [-0.39, 0.29) is 0 Å². The van der Waals surface area contributed by atoms with E-state index in [0.29, 0.717) is 12.5 Å². The van der Waals surface area contributed by atoms with E-state index in [0.717, 1.165) is 39.4 Å². The Bertz CT molecular complexity index is 488. The molecule has 1 aromatic rings. The van der Waals surface area contributed by atoms with Crippen molar-refractivity contribution in [2.24, 2.45) is 10.7 Å². The van der Waals surface area contributed by atoms with Crippen LogP contribution in [0.4, 0.5) is 5.69 Å². The Labute approximate surface area is 132 Å². The van der Waals surface area contributed by atoms with Crippen molar-refractivity contribution in [3.05, 3.63) is 29.8 Å². The summed E-state index contributed by atoms with van der Waals surface area (Å²) in [6.07, 6.45) is 3.77. The molecule has 5 nitrogen and oxygen atoms in total. The predicted molar refractivity (Wildman–Crippen MR) is 90.2 cm³/mol. The molecule has 0 radical (unpaired) electrons. The summed E-state index contributed by atoms with van der Waals surface area (Å²) in [4.78, 5) is 9.11. The van der Waals surface area contributed by atoms with Crippen LogP contribution in [0.1, 0.15) is 24.8 Å². The monoisotopic (exact) mass is 302 g/mol. The highest BCUT2D eigenvalue weighted by Gasteiger charge is 2.12. The maximum absolute atomic E-state index is 6.10. The predicted octanol–water partition coefficient (Wildman–Crippen LogP) is 1.82. The van der Waals surface area contributed by atoms with Gasteiger partial charge in [-0.05, 0) is 37.0 Å². The maximum atomic E-state index is 6.10. The molecule has 3 rings (SSSR count). The number of anilines is 1. The third kappa shape index (κ3) is 3.91. The zero-order valence-electron chi connectivity index (χ0n) is 13.2. The van der Waals surface area contributed by atoms with Crippen LogP contribution in [0, 0.1) is 0 Å². The zero-order chi connectivity index (χ0) is 15.2. The van der Waals surface area contributed by atoms with Crippen LogP contribution in [0.2, 0.25) is 0 Å². The van der Waals surface area contributed by atoms with Crippen molar-refractivity contribution in [1.82, 2.24) is 4.90 Å². The molecule has 0 amide bonds. The lowest BCUT2D eigenvalue weighted by atomic mass is 10.1. The van der Waals surface area contributed by atoms with E-state index >= 15 is 0 Å². The third-order valence-corrected chi connectivity index (χ3v) is 4.42. The number of nitrogens with two attached hydrogens (primary N) is 1. The first-order chi connectivity index (χ1) is 10.8. The lowest BCUT2D eigenvalue weighted by Crippen LogP contribution is -2.40. The molecule has 0 unspecified atom stereocenters. The first kappa shape index (κ1) is 15.2. The summed E-state index contributed by atoms with van der Waals surface area (Å²) >= 11 is 0. The molecule has 120 valence electrons. The topological polar surface area (TPSA) is 54.1 Å². The second-order valence-electron chi connectivity index (χ2n) is 5.99. The van der Waals surface area contributed by atoms with Gasteiger partial charge in [0.25, 0.3) is 0 Å². The van der Waals surface area contributed by atoms with Crippen molar-refractivity contribution in [2.45, 2.75) is 25.8 Å². The number of morpholine rings is 1. The standard InChI is InChI=1S/C17H26N4O/c18-17(21-8-2-1-3-9-21)19-14-15-4-6-16(7-5-15)20-10-12-22-13-11-20/h4-7H,1-3,8-14H2,(H2,18,19). The van der Waals surface area contributed by atoms with Crippen LogP contribution in [-0.2, 0) is 11.3 Å². The van der Waals surface area contributed by atoms with E-state index in [1.807, 2.05) is 0 Å². The maximum Gasteiger partial charge on any atom is 0.191 e. The first-order valence-electron chi connectivity index (χ1n) is 8.29. The molecule has 2 heterocycles. The van der Waals surface area contributed by atoms with Gasteiger partial charge in [-0.3, -0.25) is 0 Å². The average Bonchev–Trinajstić information content (AvgIpc) is 2.61. The van der Waals surface area contributed by atoms with Gasteiger partial charge in [0.05, 0.1) is 19.8 Å². The summed E-state index contributed by atoms with van der Waals surface area (Å²) in [6.45, 7) is 6.33.